The average Bonchev–Trinajstić information content (AvgIpc) is 3.19. The predicted molar refractivity (Wildman–Crippen MR) is 89.7 cm³/mol. The normalized spacial score (nSPS) is 19.6. The van der Waals surface area contributed by atoms with Crippen LogP contribution in [0.2, 0.25) is 0 Å². The number of hydrogen-bond donors (Lipinski definition) is 1. The largest absolute Gasteiger partial charge is 0.482 e. The summed E-state index contributed by atoms with van der Waals surface area (Å²) in [5, 5.41) is 23.0. The van der Waals surface area contributed by atoms with Gasteiger partial charge < -0.3 is 14.7 Å². The van der Waals surface area contributed by atoms with Gasteiger partial charge in [-0.15, -0.1) is 0 Å². The Balaban J connectivity index is 1.51. The van der Waals surface area contributed by atoms with E-state index in [0.29, 0.717) is 30.7 Å². The number of aliphatic hydroxyl groups excluding tert-OH is 1. The lowest BCUT2D eigenvalue weighted by Crippen LogP contribution is -2.31. The Hall–Kier alpha value is -2.85. The second-order valence-corrected chi connectivity index (χ2v) is 6.18. The minimum Gasteiger partial charge on any atom is -0.482 e. The number of aromatic nitrogens is 2. The summed E-state index contributed by atoms with van der Waals surface area (Å²) in [6, 6.07) is 9.29. The van der Waals surface area contributed by atoms with Crippen LogP contribution in [0.4, 0.5) is 0 Å². The van der Waals surface area contributed by atoms with E-state index >= 15 is 0 Å². The molecule has 0 unspecified atom stereocenters. The molecule has 1 fully saturated rings. The molecule has 3 rings (SSSR count). The number of benzene rings is 1. The summed E-state index contributed by atoms with van der Waals surface area (Å²) >= 11 is 0. The van der Waals surface area contributed by atoms with Crippen LogP contribution in [0.25, 0.3) is 0 Å². The molecule has 7 nitrogen and oxygen atoms in total. The Morgan fingerprint density at radius 3 is 2.80 bits per heavy atom. The topological polar surface area (TPSA) is 91.4 Å². The molecule has 1 aromatic carbocycles. The molecule has 7 heteroatoms. The summed E-state index contributed by atoms with van der Waals surface area (Å²) in [4.78, 5) is 14.0. The fraction of sp³-hybridized carbons (Fsp3) is 0.389. The quantitative estimate of drug-likeness (QED) is 0.872. The van der Waals surface area contributed by atoms with Crippen LogP contribution in [0.5, 0.6) is 5.75 Å². The van der Waals surface area contributed by atoms with E-state index < -0.39 is 12.2 Å². The molecular formula is C18H20N4O3. The molecule has 2 aromatic rings. The van der Waals surface area contributed by atoms with E-state index in [-0.39, 0.29) is 12.5 Å². The second-order valence-electron chi connectivity index (χ2n) is 6.18. The van der Waals surface area contributed by atoms with Gasteiger partial charge in [0.2, 0.25) is 5.91 Å². The molecule has 2 heterocycles. The molecule has 1 amide bonds. The molecule has 0 aliphatic carbocycles. The zero-order valence-corrected chi connectivity index (χ0v) is 14.0. The van der Waals surface area contributed by atoms with Crippen LogP contribution >= 0.6 is 0 Å². The molecule has 130 valence electrons. The number of hydrogen-bond acceptors (Lipinski definition) is 5. The first kappa shape index (κ1) is 17.0. The van der Waals surface area contributed by atoms with Gasteiger partial charge in [-0.05, 0) is 24.1 Å². The monoisotopic (exact) mass is 340 g/mol. The number of β-amino-alcohol motifs (C(OH)–C–C–N with tert-alkyl or cyclic N) is 1. The van der Waals surface area contributed by atoms with Gasteiger partial charge in [0.15, 0.2) is 5.75 Å². The molecule has 1 aromatic heterocycles. The molecule has 1 aliphatic heterocycles. The Kier molecular flexibility index (Phi) is 5.00. The molecule has 0 spiro atoms. The second kappa shape index (κ2) is 7.36. The van der Waals surface area contributed by atoms with Crippen molar-refractivity contribution in [3.8, 4) is 11.8 Å². The predicted octanol–water partition coefficient (Wildman–Crippen LogP) is 0.875. The van der Waals surface area contributed by atoms with Gasteiger partial charge in [0.1, 0.15) is 12.2 Å². The number of carbonyl (C=O) groups is 1. The maximum absolute atomic E-state index is 12.4. The van der Waals surface area contributed by atoms with Crippen molar-refractivity contribution in [3.05, 3.63) is 47.8 Å². The van der Waals surface area contributed by atoms with Crippen molar-refractivity contribution in [1.82, 2.24) is 14.7 Å². The van der Waals surface area contributed by atoms with Gasteiger partial charge in [0, 0.05) is 13.5 Å². The molecule has 0 radical (unpaired) electrons. The van der Waals surface area contributed by atoms with Crippen LogP contribution < -0.4 is 4.74 Å². The maximum Gasteiger partial charge on any atom is 0.223 e. The SMILES string of the molecule is Cn1cc(O[C@@H]2CN(C(=O)CCc3ccc(C#N)cc3)C[C@H]2O)cn1. The van der Waals surface area contributed by atoms with Crippen LogP contribution in [0.1, 0.15) is 17.5 Å². The fourth-order valence-corrected chi connectivity index (χ4v) is 2.87. The first-order valence-electron chi connectivity index (χ1n) is 8.15. The molecule has 1 N–H and O–H groups in total. The Morgan fingerprint density at radius 1 is 1.40 bits per heavy atom. The Labute approximate surface area is 146 Å². The Bertz CT molecular complexity index is 778. The number of aryl methyl sites for hydroxylation is 2. The number of amides is 1. The van der Waals surface area contributed by atoms with E-state index in [2.05, 4.69) is 11.2 Å². The van der Waals surface area contributed by atoms with Crippen molar-refractivity contribution >= 4 is 5.91 Å². The summed E-state index contributed by atoms with van der Waals surface area (Å²) in [5.74, 6) is 0.569. The molecule has 0 saturated carbocycles. The lowest BCUT2D eigenvalue weighted by molar-refractivity contribution is -0.130. The summed E-state index contributed by atoms with van der Waals surface area (Å²) in [5.41, 5.74) is 1.61. The van der Waals surface area contributed by atoms with Crippen molar-refractivity contribution in [2.45, 2.75) is 25.0 Å². The highest BCUT2D eigenvalue weighted by atomic mass is 16.5. The van der Waals surface area contributed by atoms with Crippen molar-refractivity contribution in [2.24, 2.45) is 7.05 Å². The summed E-state index contributed by atoms with van der Waals surface area (Å²) in [6.07, 6.45) is 3.12. The van der Waals surface area contributed by atoms with Crippen molar-refractivity contribution in [3.63, 3.8) is 0 Å². The van der Waals surface area contributed by atoms with Gasteiger partial charge >= 0.3 is 0 Å². The number of carbonyl (C=O) groups excluding carboxylic acids is 1. The first-order chi connectivity index (χ1) is 12.0. The van der Waals surface area contributed by atoms with Crippen LogP contribution in [-0.2, 0) is 18.3 Å². The number of rotatable bonds is 5. The van der Waals surface area contributed by atoms with Gasteiger partial charge in [-0.25, -0.2) is 0 Å². The summed E-state index contributed by atoms with van der Waals surface area (Å²) in [6.45, 7) is 0.638. The van der Waals surface area contributed by atoms with Crippen molar-refractivity contribution < 1.29 is 14.6 Å². The minimum atomic E-state index is -0.709. The molecule has 1 saturated heterocycles. The van der Waals surface area contributed by atoms with Crippen LogP contribution in [-0.4, -0.2) is 51.0 Å². The molecule has 25 heavy (non-hydrogen) atoms. The third-order valence-electron chi connectivity index (χ3n) is 4.27. The fourth-order valence-electron chi connectivity index (χ4n) is 2.87. The van der Waals surface area contributed by atoms with E-state index in [1.165, 1.54) is 0 Å². The maximum atomic E-state index is 12.4. The smallest absolute Gasteiger partial charge is 0.223 e. The molecular weight excluding hydrogens is 320 g/mol. The van der Waals surface area contributed by atoms with Gasteiger partial charge in [0.25, 0.3) is 0 Å². The third-order valence-corrected chi connectivity index (χ3v) is 4.27. The minimum absolute atomic E-state index is 0.0132. The zero-order chi connectivity index (χ0) is 17.8. The number of nitrogens with zero attached hydrogens (tertiary/aromatic N) is 4. The van der Waals surface area contributed by atoms with Gasteiger partial charge in [-0.3, -0.25) is 9.48 Å². The third kappa shape index (κ3) is 4.17. The first-order valence-corrected chi connectivity index (χ1v) is 8.15. The highest BCUT2D eigenvalue weighted by Crippen LogP contribution is 2.19. The van der Waals surface area contributed by atoms with E-state index in [1.54, 1.807) is 41.2 Å². The number of nitriles is 1. The molecule has 0 bridgehead atoms. The van der Waals surface area contributed by atoms with Crippen LogP contribution in [0.3, 0.4) is 0 Å². The number of likely N-dealkylation sites (tertiary alicyclic amines) is 1. The summed E-state index contributed by atoms with van der Waals surface area (Å²) in [7, 11) is 1.79. The van der Waals surface area contributed by atoms with Gasteiger partial charge in [0.05, 0.1) is 37.1 Å². The van der Waals surface area contributed by atoms with Gasteiger partial charge in [-0.2, -0.15) is 10.4 Å². The highest BCUT2D eigenvalue weighted by molar-refractivity contribution is 5.77. The van der Waals surface area contributed by atoms with E-state index in [0.717, 1.165) is 5.56 Å². The molecule has 2 atom stereocenters. The van der Waals surface area contributed by atoms with Gasteiger partial charge in [-0.1, -0.05) is 12.1 Å². The molecule has 1 aliphatic rings. The number of ether oxygens (including phenoxy) is 1. The van der Waals surface area contributed by atoms with E-state index in [1.807, 2.05) is 12.1 Å². The van der Waals surface area contributed by atoms with E-state index in [4.69, 9.17) is 10.00 Å². The summed E-state index contributed by atoms with van der Waals surface area (Å²) < 4.78 is 7.34. The lowest BCUT2D eigenvalue weighted by atomic mass is 10.1. The zero-order valence-electron chi connectivity index (χ0n) is 14.0. The Morgan fingerprint density at radius 2 is 2.16 bits per heavy atom. The van der Waals surface area contributed by atoms with Crippen LogP contribution in [0, 0.1) is 11.3 Å². The van der Waals surface area contributed by atoms with E-state index in [9.17, 15) is 9.90 Å². The number of aliphatic hydroxyl groups is 1. The van der Waals surface area contributed by atoms with Crippen molar-refractivity contribution in [1.29, 1.82) is 5.26 Å². The highest BCUT2D eigenvalue weighted by Gasteiger charge is 2.35. The van der Waals surface area contributed by atoms with Crippen LogP contribution in [0.15, 0.2) is 36.7 Å². The average molecular weight is 340 g/mol. The lowest BCUT2D eigenvalue weighted by Gasteiger charge is -2.16. The van der Waals surface area contributed by atoms with Crippen molar-refractivity contribution in [2.75, 3.05) is 13.1 Å². The standard InChI is InChI=1S/C18H20N4O3/c1-21-10-15(9-20-21)25-17-12-22(11-16(17)23)18(24)7-6-13-2-4-14(8-19)5-3-13/h2-5,9-10,16-17,23H,6-7,11-12H2,1H3/t16-,17-/m1/s1.